The van der Waals surface area contributed by atoms with Gasteiger partial charge in [-0.3, -0.25) is 0 Å². The molecule has 144 valence electrons. The smallest absolute Gasteiger partial charge is 0.165 e. The summed E-state index contributed by atoms with van der Waals surface area (Å²) in [7, 11) is 0. The van der Waals surface area contributed by atoms with Crippen LogP contribution in [0.2, 0.25) is 0 Å². The highest BCUT2D eigenvalue weighted by Gasteiger charge is 2.30. The molecule has 3 heterocycles. The van der Waals surface area contributed by atoms with Gasteiger partial charge in [0.25, 0.3) is 0 Å². The molecule has 28 heavy (non-hydrogen) atoms. The van der Waals surface area contributed by atoms with E-state index in [4.69, 9.17) is 10.9 Å². The Morgan fingerprint density at radius 1 is 1.32 bits per heavy atom. The van der Waals surface area contributed by atoms with Crippen molar-refractivity contribution in [2.45, 2.75) is 18.9 Å². The summed E-state index contributed by atoms with van der Waals surface area (Å²) in [5.74, 6) is 4.94. The van der Waals surface area contributed by atoms with E-state index in [1.54, 1.807) is 23.0 Å². The topological polar surface area (TPSA) is 68.7 Å². The third-order valence-corrected chi connectivity index (χ3v) is 4.94. The molecule has 1 aliphatic heterocycles. The number of aromatic nitrogens is 3. The Balaban J connectivity index is 1.77. The zero-order valence-corrected chi connectivity index (χ0v) is 15.1. The molecule has 8 heteroatoms. The van der Waals surface area contributed by atoms with E-state index in [1.165, 1.54) is 18.4 Å². The van der Waals surface area contributed by atoms with E-state index in [9.17, 15) is 8.78 Å². The highest BCUT2D eigenvalue weighted by molar-refractivity contribution is 5.81. The number of anilines is 1. The van der Waals surface area contributed by atoms with Gasteiger partial charge in [0.15, 0.2) is 5.65 Å². The van der Waals surface area contributed by atoms with E-state index in [2.05, 4.69) is 16.5 Å². The Kier molecular flexibility index (Phi) is 4.79. The first-order valence-electron chi connectivity index (χ1n) is 8.87. The van der Waals surface area contributed by atoms with E-state index in [0.717, 1.165) is 18.9 Å². The first kappa shape index (κ1) is 18.1. The van der Waals surface area contributed by atoms with Crippen molar-refractivity contribution in [3.05, 3.63) is 78.3 Å². The van der Waals surface area contributed by atoms with Crippen molar-refractivity contribution in [1.82, 2.24) is 14.6 Å². The van der Waals surface area contributed by atoms with Crippen LogP contribution in [0.4, 0.5) is 14.6 Å². The van der Waals surface area contributed by atoms with Crippen molar-refractivity contribution in [3.63, 3.8) is 0 Å². The minimum absolute atomic E-state index is 0.279. The van der Waals surface area contributed by atoms with Crippen LogP contribution in [0.15, 0.2) is 55.6 Å². The molecule has 1 atom stereocenters. The number of hydrogen-bond acceptors (Lipinski definition) is 5. The Labute approximate surface area is 160 Å². The van der Waals surface area contributed by atoms with Crippen LogP contribution in [0.25, 0.3) is 11.2 Å². The monoisotopic (exact) mass is 383 g/mol. The van der Waals surface area contributed by atoms with Gasteiger partial charge in [-0.05, 0) is 37.1 Å². The third kappa shape index (κ3) is 3.11. The molecule has 2 aromatic heterocycles. The zero-order chi connectivity index (χ0) is 19.7. The van der Waals surface area contributed by atoms with Gasteiger partial charge >= 0.3 is 0 Å². The molecule has 3 aromatic rings. The molecule has 0 radical (unpaired) electrons. The average molecular weight is 383 g/mol. The summed E-state index contributed by atoms with van der Waals surface area (Å²) in [5, 5.41) is 4.28. The highest BCUT2D eigenvalue weighted by atomic mass is 19.1. The van der Waals surface area contributed by atoms with Gasteiger partial charge < -0.3 is 9.74 Å². The molecule has 4 rings (SSSR count). The number of hydrogen-bond donors (Lipinski definition) is 1. The molecule has 0 saturated carbocycles. The molecule has 1 fully saturated rings. The van der Waals surface area contributed by atoms with Crippen molar-refractivity contribution >= 4 is 17.0 Å². The van der Waals surface area contributed by atoms with Gasteiger partial charge in [-0.2, -0.15) is 11.0 Å². The molecule has 1 aliphatic rings. The number of nitrogens with zero attached hydrogens (tertiary/aromatic N) is 4. The van der Waals surface area contributed by atoms with Gasteiger partial charge in [-0.15, -0.1) is 0 Å². The van der Waals surface area contributed by atoms with E-state index in [1.807, 2.05) is 11.0 Å². The van der Waals surface area contributed by atoms with Crippen LogP contribution >= 0.6 is 0 Å². The van der Waals surface area contributed by atoms with Gasteiger partial charge in [0.2, 0.25) is 0 Å². The molecule has 1 aromatic carbocycles. The SMILES string of the molecule is C=C/C(=C\ON)c1cnn2ccc(N3CCCC3c3cc(F)ccc3F)nc12. The fourth-order valence-electron chi connectivity index (χ4n) is 3.65. The minimum atomic E-state index is -0.452. The van der Waals surface area contributed by atoms with Crippen LogP contribution in [0, 0.1) is 11.6 Å². The zero-order valence-electron chi connectivity index (χ0n) is 15.1. The predicted molar refractivity (Wildman–Crippen MR) is 102 cm³/mol. The van der Waals surface area contributed by atoms with Crippen LogP contribution in [-0.4, -0.2) is 21.1 Å². The molecule has 0 amide bonds. The Hall–Kier alpha value is -3.26. The summed E-state index contributed by atoms with van der Waals surface area (Å²) in [6, 6.07) is 5.09. The Morgan fingerprint density at radius 2 is 2.18 bits per heavy atom. The number of nitrogens with two attached hydrogens (primary N) is 1. The van der Waals surface area contributed by atoms with Crippen LogP contribution in [-0.2, 0) is 4.84 Å². The maximum atomic E-state index is 14.3. The van der Waals surface area contributed by atoms with Crippen molar-refractivity contribution in [2.75, 3.05) is 11.4 Å². The van der Waals surface area contributed by atoms with Gasteiger partial charge in [0.05, 0.1) is 12.2 Å². The van der Waals surface area contributed by atoms with E-state index >= 15 is 0 Å². The molecule has 0 bridgehead atoms. The normalized spacial score (nSPS) is 17.3. The first-order chi connectivity index (χ1) is 13.6. The summed E-state index contributed by atoms with van der Waals surface area (Å²) >= 11 is 0. The van der Waals surface area contributed by atoms with Crippen LogP contribution < -0.4 is 10.8 Å². The quantitative estimate of drug-likeness (QED) is 0.413. The van der Waals surface area contributed by atoms with Crippen molar-refractivity contribution < 1.29 is 13.6 Å². The van der Waals surface area contributed by atoms with E-state index in [0.29, 0.717) is 34.7 Å². The summed E-state index contributed by atoms with van der Waals surface area (Å²) in [5.41, 5.74) is 2.27. The van der Waals surface area contributed by atoms with E-state index in [-0.39, 0.29) is 6.04 Å². The van der Waals surface area contributed by atoms with Crippen LogP contribution in [0.5, 0.6) is 0 Å². The lowest BCUT2D eigenvalue weighted by molar-refractivity contribution is 0.263. The molecular weight excluding hydrogens is 364 g/mol. The third-order valence-electron chi connectivity index (χ3n) is 4.94. The molecular formula is C20H19F2N5O. The first-order valence-corrected chi connectivity index (χ1v) is 8.87. The lowest BCUT2D eigenvalue weighted by atomic mass is 10.0. The fourth-order valence-corrected chi connectivity index (χ4v) is 3.65. The fraction of sp³-hybridized carbons (Fsp3) is 0.200. The average Bonchev–Trinajstić information content (AvgIpc) is 3.34. The lowest BCUT2D eigenvalue weighted by Crippen LogP contribution is -2.24. The molecule has 1 saturated heterocycles. The summed E-state index contributed by atoms with van der Waals surface area (Å²) < 4.78 is 29.7. The van der Waals surface area contributed by atoms with Crippen molar-refractivity contribution in [1.29, 1.82) is 0 Å². The van der Waals surface area contributed by atoms with E-state index < -0.39 is 11.6 Å². The second-order valence-electron chi connectivity index (χ2n) is 6.54. The lowest BCUT2D eigenvalue weighted by Gasteiger charge is -2.26. The van der Waals surface area contributed by atoms with Gasteiger partial charge in [-0.25, -0.2) is 18.3 Å². The number of fused-ring (bicyclic) bond motifs is 1. The summed E-state index contributed by atoms with van der Waals surface area (Å²) in [4.78, 5) is 11.3. The molecule has 1 unspecified atom stereocenters. The van der Waals surface area contributed by atoms with Gasteiger partial charge in [-0.1, -0.05) is 12.7 Å². The standard InChI is InChI=1S/C20H19F2N5O/c1-2-13(12-28-23)16-11-24-27-9-7-19(25-20(16)27)26-8-3-4-18(26)15-10-14(21)5-6-17(15)22/h2,5-7,9-12,18H,1,3-4,8,23H2/b13-12+. The number of allylic oxidation sites excluding steroid dienone is 2. The van der Waals surface area contributed by atoms with Crippen molar-refractivity contribution in [3.8, 4) is 0 Å². The second kappa shape index (κ2) is 7.40. The molecule has 0 aliphatic carbocycles. The Morgan fingerprint density at radius 3 is 2.96 bits per heavy atom. The molecule has 6 nitrogen and oxygen atoms in total. The summed E-state index contributed by atoms with van der Waals surface area (Å²) in [6.45, 7) is 4.45. The number of halogens is 2. The molecule has 0 spiro atoms. The predicted octanol–water partition coefficient (Wildman–Crippen LogP) is 3.77. The minimum Gasteiger partial charge on any atom is -0.419 e. The van der Waals surface area contributed by atoms with Crippen LogP contribution in [0.3, 0.4) is 0 Å². The van der Waals surface area contributed by atoms with Gasteiger partial charge in [0, 0.05) is 29.4 Å². The summed E-state index contributed by atoms with van der Waals surface area (Å²) in [6.07, 6.45) is 7.96. The molecule has 2 N–H and O–H groups in total. The number of benzene rings is 1. The van der Waals surface area contributed by atoms with Crippen molar-refractivity contribution in [2.24, 2.45) is 5.90 Å². The maximum Gasteiger partial charge on any atom is 0.165 e. The highest BCUT2D eigenvalue weighted by Crippen LogP contribution is 2.37. The van der Waals surface area contributed by atoms with Gasteiger partial charge in [0.1, 0.15) is 23.7 Å². The Bertz CT molecular complexity index is 1060. The number of rotatable bonds is 5. The second-order valence-corrected chi connectivity index (χ2v) is 6.54. The maximum absolute atomic E-state index is 14.3. The largest absolute Gasteiger partial charge is 0.419 e. The van der Waals surface area contributed by atoms with Crippen LogP contribution in [0.1, 0.15) is 30.0 Å².